The summed E-state index contributed by atoms with van der Waals surface area (Å²) in [5.41, 5.74) is 1.02. The minimum Gasteiger partial charge on any atom is -0.353 e. The Balaban J connectivity index is 2.14. The predicted octanol–water partition coefficient (Wildman–Crippen LogP) is 1.59. The maximum Gasteiger partial charge on any atom is 0.165 e. The Morgan fingerprint density at radius 2 is 2.31 bits per heavy atom. The standard InChI is InChI=1S/C11H13FN4/c1-15(7-9-6-14-16(2)8-9)11-10(12)4-3-5-13-11/h3-6,8H,7H2,1-2H3. The summed E-state index contributed by atoms with van der Waals surface area (Å²) in [4.78, 5) is 5.76. The number of pyridine rings is 1. The van der Waals surface area contributed by atoms with Crippen molar-refractivity contribution in [1.29, 1.82) is 0 Å². The molecule has 0 aliphatic carbocycles. The highest BCUT2D eigenvalue weighted by Gasteiger charge is 2.09. The van der Waals surface area contributed by atoms with Crippen LogP contribution in [-0.2, 0) is 13.6 Å². The van der Waals surface area contributed by atoms with E-state index >= 15 is 0 Å². The second-order valence-corrected chi connectivity index (χ2v) is 3.69. The summed E-state index contributed by atoms with van der Waals surface area (Å²) in [6.45, 7) is 0.585. The van der Waals surface area contributed by atoms with Gasteiger partial charge < -0.3 is 4.90 Å². The fourth-order valence-electron chi connectivity index (χ4n) is 1.56. The first-order chi connectivity index (χ1) is 7.66. The van der Waals surface area contributed by atoms with Gasteiger partial charge in [-0.2, -0.15) is 5.10 Å². The lowest BCUT2D eigenvalue weighted by Crippen LogP contribution is -2.18. The molecule has 0 fully saturated rings. The highest BCUT2D eigenvalue weighted by atomic mass is 19.1. The average molecular weight is 220 g/mol. The first kappa shape index (κ1) is 10.6. The van der Waals surface area contributed by atoms with Crippen molar-refractivity contribution in [3.63, 3.8) is 0 Å². The fourth-order valence-corrected chi connectivity index (χ4v) is 1.56. The number of halogens is 1. The van der Waals surface area contributed by atoms with Gasteiger partial charge >= 0.3 is 0 Å². The van der Waals surface area contributed by atoms with E-state index in [2.05, 4.69) is 10.1 Å². The average Bonchev–Trinajstić information content (AvgIpc) is 2.64. The molecule has 2 aromatic heterocycles. The summed E-state index contributed by atoms with van der Waals surface area (Å²) < 4.78 is 15.1. The molecule has 0 aliphatic rings. The van der Waals surface area contributed by atoms with Gasteiger partial charge in [0.2, 0.25) is 0 Å². The van der Waals surface area contributed by atoms with Gasteiger partial charge in [0.05, 0.1) is 6.20 Å². The molecule has 2 rings (SSSR count). The van der Waals surface area contributed by atoms with E-state index in [0.717, 1.165) is 5.56 Å². The minimum atomic E-state index is -0.311. The zero-order valence-corrected chi connectivity index (χ0v) is 9.26. The molecule has 0 amide bonds. The van der Waals surface area contributed by atoms with Crippen LogP contribution >= 0.6 is 0 Å². The minimum absolute atomic E-state index is 0.311. The molecule has 0 bridgehead atoms. The van der Waals surface area contributed by atoms with Crippen LogP contribution < -0.4 is 4.90 Å². The molecule has 0 N–H and O–H groups in total. The smallest absolute Gasteiger partial charge is 0.165 e. The van der Waals surface area contributed by atoms with E-state index in [1.54, 1.807) is 35.1 Å². The Morgan fingerprint density at radius 3 is 2.94 bits per heavy atom. The monoisotopic (exact) mass is 220 g/mol. The molecule has 0 unspecified atom stereocenters. The van der Waals surface area contributed by atoms with Gasteiger partial charge in [0.1, 0.15) is 0 Å². The maximum atomic E-state index is 13.4. The number of hydrogen-bond acceptors (Lipinski definition) is 3. The Hall–Kier alpha value is -1.91. The normalized spacial score (nSPS) is 10.4. The van der Waals surface area contributed by atoms with Crippen LogP contribution in [0.3, 0.4) is 0 Å². The lowest BCUT2D eigenvalue weighted by Gasteiger charge is -2.17. The Labute approximate surface area is 93.3 Å². The third kappa shape index (κ3) is 2.18. The molecule has 16 heavy (non-hydrogen) atoms. The van der Waals surface area contributed by atoms with Gasteiger partial charge in [-0.1, -0.05) is 0 Å². The number of nitrogens with zero attached hydrogens (tertiary/aromatic N) is 4. The van der Waals surface area contributed by atoms with Crippen LogP contribution in [0.4, 0.5) is 10.2 Å². The van der Waals surface area contributed by atoms with Crippen molar-refractivity contribution in [2.24, 2.45) is 7.05 Å². The van der Waals surface area contributed by atoms with Crippen LogP contribution in [0.25, 0.3) is 0 Å². The second-order valence-electron chi connectivity index (χ2n) is 3.69. The van der Waals surface area contributed by atoms with E-state index in [-0.39, 0.29) is 5.82 Å². The first-order valence-electron chi connectivity index (χ1n) is 4.96. The van der Waals surface area contributed by atoms with E-state index in [4.69, 9.17) is 0 Å². The molecule has 0 aliphatic heterocycles. The van der Waals surface area contributed by atoms with Crippen molar-refractivity contribution in [2.75, 3.05) is 11.9 Å². The molecule has 4 nitrogen and oxygen atoms in total. The van der Waals surface area contributed by atoms with Crippen LogP contribution in [-0.4, -0.2) is 21.8 Å². The van der Waals surface area contributed by atoms with Gasteiger partial charge in [0.15, 0.2) is 11.6 Å². The summed E-state index contributed by atoms with van der Waals surface area (Å²) in [6, 6.07) is 2.98. The molecule has 84 valence electrons. The van der Waals surface area contributed by atoms with Crippen LogP contribution in [0, 0.1) is 5.82 Å². The zero-order valence-electron chi connectivity index (χ0n) is 9.26. The van der Waals surface area contributed by atoms with Crippen molar-refractivity contribution >= 4 is 5.82 Å². The van der Waals surface area contributed by atoms with Crippen LogP contribution in [0.2, 0.25) is 0 Å². The molecule has 2 aromatic rings. The van der Waals surface area contributed by atoms with Gasteiger partial charge in [-0.05, 0) is 12.1 Å². The van der Waals surface area contributed by atoms with Gasteiger partial charge in [-0.25, -0.2) is 9.37 Å². The van der Waals surface area contributed by atoms with Crippen molar-refractivity contribution in [2.45, 2.75) is 6.54 Å². The zero-order chi connectivity index (χ0) is 11.5. The highest BCUT2D eigenvalue weighted by Crippen LogP contribution is 2.15. The SMILES string of the molecule is CN(Cc1cnn(C)c1)c1ncccc1F. The van der Waals surface area contributed by atoms with Gasteiger partial charge in [-0.15, -0.1) is 0 Å². The topological polar surface area (TPSA) is 34.0 Å². The lowest BCUT2D eigenvalue weighted by atomic mass is 10.3. The van der Waals surface area contributed by atoms with Gasteiger partial charge in [-0.3, -0.25) is 4.68 Å². The van der Waals surface area contributed by atoms with Crippen molar-refractivity contribution in [3.8, 4) is 0 Å². The molecule has 5 heteroatoms. The third-order valence-electron chi connectivity index (χ3n) is 2.28. The van der Waals surface area contributed by atoms with E-state index in [0.29, 0.717) is 12.4 Å². The number of aromatic nitrogens is 3. The van der Waals surface area contributed by atoms with Crippen LogP contribution in [0.5, 0.6) is 0 Å². The Morgan fingerprint density at radius 1 is 1.50 bits per heavy atom. The third-order valence-corrected chi connectivity index (χ3v) is 2.28. The van der Waals surface area contributed by atoms with Crippen molar-refractivity contribution in [1.82, 2.24) is 14.8 Å². The fraction of sp³-hybridized carbons (Fsp3) is 0.273. The Bertz CT molecular complexity index is 480. The van der Waals surface area contributed by atoms with Gasteiger partial charge in [0, 0.05) is 38.6 Å². The predicted molar refractivity (Wildman–Crippen MR) is 59.5 cm³/mol. The molecule has 0 aromatic carbocycles. The van der Waals surface area contributed by atoms with E-state index in [1.807, 2.05) is 13.2 Å². The molecule has 2 heterocycles. The summed E-state index contributed by atoms with van der Waals surface area (Å²) in [5, 5.41) is 4.06. The quantitative estimate of drug-likeness (QED) is 0.787. The van der Waals surface area contributed by atoms with E-state index < -0.39 is 0 Å². The van der Waals surface area contributed by atoms with Crippen LogP contribution in [0.1, 0.15) is 5.56 Å². The van der Waals surface area contributed by atoms with Crippen molar-refractivity contribution < 1.29 is 4.39 Å². The lowest BCUT2D eigenvalue weighted by molar-refractivity contribution is 0.615. The molecule has 0 saturated heterocycles. The van der Waals surface area contributed by atoms with Crippen molar-refractivity contribution in [3.05, 3.63) is 42.1 Å². The highest BCUT2D eigenvalue weighted by molar-refractivity contribution is 5.39. The number of aryl methyl sites for hydroxylation is 1. The van der Waals surface area contributed by atoms with E-state index in [1.165, 1.54) is 6.07 Å². The molecule has 0 spiro atoms. The molecule has 0 saturated carbocycles. The largest absolute Gasteiger partial charge is 0.353 e. The molecule has 0 radical (unpaired) electrons. The van der Waals surface area contributed by atoms with Crippen LogP contribution in [0.15, 0.2) is 30.7 Å². The second kappa shape index (κ2) is 4.30. The summed E-state index contributed by atoms with van der Waals surface area (Å²) >= 11 is 0. The summed E-state index contributed by atoms with van der Waals surface area (Å²) in [6.07, 6.45) is 5.24. The Kier molecular flexibility index (Phi) is 2.85. The molecular formula is C11H13FN4. The first-order valence-corrected chi connectivity index (χ1v) is 4.96. The number of rotatable bonds is 3. The number of anilines is 1. The molecular weight excluding hydrogens is 207 g/mol. The van der Waals surface area contributed by atoms with E-state index in [9.17, 15) is 4.39 Å². The maximum absolute atomic E-state index is 13.4. The molecule has 0 atom stereocenters. The summed E-state index contributed by atoms with van der Waals surface area (Å²) in [7, 11) is 3.66. The van der Waals surface area contributed by atoms with Gasteiger partial charge in [0.25, 0.3) is 0 Å². The summed E-state index contributed by atoms with van der Waals surface area (Å²) in [5.74, 6) is 0.0419. The number of hydrogen-bond donors (Lipinski definition) is 0.